The van der Waals surface area contributed by atoms with Crippen molar-refractivity contribution in [3.63, 3.8) is 0 Å². The van der Waals surface area contributed by atoms with Crippen LogP contribution in [-0.4, -0.2) is 10.8 Å². The van der Waals surface area contributed by atoms with Gasteiger partial charge in [0.05, 0.1) is 11.6 Å². The van der Waals surface area contributed by atoms with Crippen molar-refractivity contribution in [2.24, 2.45) is 0 Å². The van der Waals surface area contributed by atoms with Crippen LogP contribution >= 0.6 is 15.9 Å². The summed E-state index contributed by atoms with van der Waals surface area (Å²) in [6.45, 7) is 0. The predicted octanol–water partition coefficient (Wildman–Crippen LogP) is 2.72. The second-order valence-electron chi connectivity index (χ2n) is 3.64. The Morgan fingerprint density at radius 2 is 2.31 bits per heavy atom. The third kappa shape index (κ3) is 2.05. The molecule has 0 fully saturated rings. The molecule has 0 saturated carbocycles. The number of pyridine rings is 1. The Morgan fingerprint density at radius 3 is 3.00 bits per heavy atom. The molecule has 1 aliphatic rings. The zero-order valence-corrected chi connectivity index (χ0v) is 10.1. The van der Waals surface area contributed by atoms with E-state index in [1.165, 1.54) is 0 Å². The van der Waals surface area contributed by atoms with Gasteiger partial charge in [-0.3, -0.25) is 4.79 Å². The third-order valence-electron chi connectivity index (χ3n) is 2.64. The fraction of sp³-hybridized carbons (Fsp3) is 0.250. The number of nitrogens with zero attached hydrogens (tertiary/aromatic N) is 2. The van der Waals surface area contributed by atoms with Gasteiger partial charge in [0.25, 0.3) is 0 Å². The van der Waals surface area contributed by atoms with Crippen LogP contribution in [0.1, 0.15) is 29.9 Å². The fourth-order valence-electron chi connectivity index (χ4n) is 1.82. The number of halogens is 1. The molecule has 0 amide bonds. The summed E-state index contributed by atoms with van der Waals surface area (Å²) in [7, 11) is 0. The summed E-state index contributed by atoms with van der Waals surface area (Å²) >= 11 is 3.22. The lowest BCUT2D eigenvalue weighted by Gasteiger charge is -2.17. The maximum atomic E-state index is 11.7. The van der Waals surface area contributed by atoms with Crippen molar-refractivity contribution in [1.82, 2.24) is 4.98 Å². The second kappa shape index (κ2) is 4.58. The second-order valence-corrected chi connectivity index (χ2v) is 4.45. The van der Waals surface area contributed by atoms with Crippen LogP contribution in [-0.2, 0) is 4.79 Å². The van der Waals surface area contributed by atoms with Crippen LogP contribution in [0, 0.1) is 11.3 Å². The van der Waals surface area contributed by atoms with Gasteiger partial charge in [0.15, 0.2) is 0 Å². The Hall–Kier alpha value is -1.47. The molecule has 0 bridgehead atoms. The highest BCUT2D eigenvalue weighted by Crippen LogP contribution is 2.29. The molecule has 2 rings (SSSR count). The van der Waals surface area contributed by atoms with Crippen molar-refractivity contribution in [1.29, 1.82) is 5.26 Å². The number of rotatable bonds is 1. The summed E-state index contributed by atoms with van der Waals surface area (Å²) in [6, 6.07) is 3.76. The molecule has 0 aromatic carbocycles. The van der Waals surface area contributed by atoms with Crippen LogP contribution in [0.15, 0.2) is 29.0 Å². The number of aromatic nitrogens is 1. The van der Waals surface area contributed by atoms with Gasteiger partial charge in [-0.2, -0.15) is 5.26 Å². The van der Waals surface area contributed by atoms with Gasteiger partial charge >= 0.3 is 0 Å². The number of hydrogen-bond donors (Lipinski definition) is 0. The topological polar surface area (TPSA) is 53.8 Å². The van der Waals surface area contributed by atoms with E-state index in [-0.39, 0.29) is 11.7 Å². The van der Waals surface area contributed by atoms with Crippen LogP contribution in [0.25, 0.3) is 0 Å². The number of nitriles is 1. The molecule has 0 saturated heterocycles. The minimum Gasteiger partial charge on any atom is -0.299 e. The van der Waals surface area contributed by atoms with E-state index in [9.17, 15) is 4.79 Å². The first-order chi connectivity index (χ1) is 7.72. The van der Waals surface area contributed by atoms with Crippen LogP contribution in [0.3, 0.4) is 0 Å². The van der Waals surface area contributed by atoms with Crippen LogP contribution in [0.2, 0.25) is 0 Å². The maximum absolute atomic E-state index is 11.7. The molecule has 1 aliphatic carbocycles. The Labute approximate surface area is 102 Å². The molecule has 1 heterocycles. The van der Waals surface area contributed by atoms with E-state index in [4.69, 9.17) is 5.26 Å². The number of hydrogen-bond acceptors (Lipinski definition) is 3. The summed E-state index contributed by atoms with van der Waals surface area (Å²) < 4.78 is 0.617. The summed E-state index contributed by atoms with van der Waals surface area (Å²) in [6.07, 6.45) is 6.58. The molecule has 1 aromatic rings. The Balaban J connectivity index is 2.44. The molecule has 16 heavy (non-hydrogen) atoms. The Bertz CT molecular complexity index is 502. The molecule has 1 atom stereocenters. The number of ketones is 1. The minimum absolute atomic E-state index is 0.156. The summed E-state index contributed by atoms with van der Waals surface area (Å²) in [5.74, 6) is -0.0524. The SMILES string of the molecule is N#Cc1cc(Br)ncc1C1CC=CCC1=O. The summed E-state index contributed by atoms with van der Waals surface area (Å²) in [5.41, 5.74) is 1.26. The van der Waals surface area contributed by atoms with Gasteiger partial charge in [-0.05, 0) is 34.0 Å². The standard InChI is InChI=1S/C12H9BrN2O/c13-12-5-8(6-14)10(7-15-12)9-3-1-2-4-11(9)16/h1-2,5,7,9H,3-4H2. The van der Waals surface area contributed by atoms with Gasteiger partial charge in [0.1, 0.15) is 10.4 Å². The average molecular weight is 277 g/mol. The lowest BCUT2D eigenvalue weighted by Crippen LogP contribution is -2.15. The average Bonchev–Trinajstić information content (AvgIpc) is 2.30. The van der Waals surface area contributed by atoms with Gasteiger partial charge in [-0.25, -0.2) is 4.98 Å². The highest BCUT2D eigenvalue weighted by molar-refractivity contribution is 9.10. The van der Waals surface area contributed by atoms with Crippen LogP contribution < -0.4 is 0 Å². The molecule has 4 heteroatoms. The Kier molecular flexibility index (Phi) is 3.16. The molecule has 80 valence electrons. The van der Waals surface area contributed by atoms with Crippen molar-refractivity contribution in [3.8, 4) is 6.07 Å². The van der Waals surface area contributed by atoms with E-state index >= 15 is 0 Å². The van der Waals surface area contributed by atoms with Crippen LogP contribution in [0.5, 0.6) is 0 Å². The first-order valence-electron chi connectivity index (χ1n) is 4.95. The summed E-state index contributed by atoms with van der Waals surface area (Å²) in [5, 5.41) is 9.03. The first-order valence-corrected chi connectivity index (χ1v) is 5.75. The van der Waals surface area contributed by atoms with E-state index < -0.39 is 0 Å². The van der Waals surface area contributed by atoms with Crippen molar-refractivity contribution >= 4 is 21.7 Å². The molecule has 3 nitrogen and oxygen atoms in total. The highest BCUT2D eigenvalue weighted by atomic mass is 79.9. The molecular weight excluding hydrogens is 268 g/mol. The number of carbonyl (C=O) groups excluding carboxylic acids is 1. The van der Waals surface area contributed by atoms with Crippen molar-refractivity contribution in [3.05, 3.63) is 40.1 Å². The minimum atomic E-state index is -0.208. The van der Waals surface area contributed by atoms with Gasteiger partial charge in [0, 0.05) is 18.5 Å². The molecule has 0 N–H and O–H groups in total. The smallest absolute Gasteiger partial charge is 0.144 e. The Morgan fingerprint density at radius 1 is 1.50 bits per heavy atom. The van der Waals surface area contributed by atoms with E-state index in [2.05, 4.69) is 27.0 Å². The zero-order valence-electron chi connectivity index (χ0n) is 8.48. The van der Waals surface area contributed by atoms with Gasteiger partial charge in [-0.15, -0.1) is 0 Å². The predicted molar refractivity (Wildman–Crippen MR) is 62.8 cm³/mol. The van der Waals surface area contributed by atoms with E-state index in [0.29, 0.717) is 23.0 Å². The molecule has 0 aliphatic heterocycles. The van der Waals surface area contributed by atoms with E-state index in [0.717, 1.165) is 5.56 Å². The molecule has 1 aromatic heterocycles. The summed E-state index contributed by atoms with van der Waals surface area (Å²) in [4.78, 5) is 15.8. The normalized spacial score (nSPS) is 19.5. The first kappa shape index (κ1) is 11.0. The zero-order chi connectivity index (χ0) is 11.5. The quantitative estimate of drug-likeness (QED) is 0.585. The molecular formula is C12H9BrN2O. The fourth-order valence-corrected chi connectivity index (χ4v) is 2.15. The lowest BCUT2D eigenvalue weighted by molar-refractivity contribution is -0.119. The largest absolute Gasteiger partial charge is 0.299 e. The molecule has 0 spiro atoms. The van der Waals surface area contributed by atoms with Crippen molar-refractivity contribution in [2.45, 2.75) is 18.8 Å². The lowest BCUT2D eigenvalue weighted by atomic mass is 9.85. The third-order valence-corrected chi connectivity index (χ3v) is 3.08. The number of allylic oxidation sites excluding steroid dienone is 2. The highest BCUT2D eigenvalue weighted by Gasteiger charge is 2.23. The van der Waals surface area contributed by atoms with Crippen molar-refractivity contribution < 1.29 is 4.79 Å². The van der Waals surface area contributed by atoms with Crippen molar-refractivity contribution in [2.75, 3.05) is 0 Å². The van der Waals surface area contributed by atoms with Crippen LogP contribution in [0.4, 0.5) is 0 Å². The van der Waals surface area contributed by atoms with Gasteiger partial charge < -0.3 is 0 Å². The monoisotopic (exact) mass is 276 g/mol. The maximum Gasteiger partial charge on any atom is 0.144 e. The van der Waals surface area contributed by atoms with Gasteiger partial charge in [-0.1, -0.05) is 12.2 Å². The number of Topliss-reactive ketones (excluding diaryl/α,β-unsaturated/α-hetero) is 1. The molecule has 1 unspecified atom stereocenters. The number of carbonyl (C=O) groups is 1. The van der Waals surface area contributed by atoms with Gasteiger partial charge in [0.2, 0.25) is 0 Å². The van der Waals surface area contributed by atoms with E-state index in [1.807, 2.05) is 12.2 Å². The van der Waals surface area contributed by atoms with E-state index in [1.54, 1.807) is 12.3 Å². The molecule has 0 radical (unpaired) electrons.